The van der Waals surface area contributed by atoms with E-state index in [-0.39, 0.29) is 9.92 Å². The summed E-state index contributed by atoms with van der Waals surface area (Å²) in [6.45, 7) is 1.15. The van der Waals surface area contributed by atoms with Gasteiger partial charge in [-0.1, -0.05) is 30.6 Å². The summed E-state index contributed by atoms with van der Waals surface area (Å²) in [5, 5.41) is 24.2. The molecule has 0 bridgehead atoms. The summed E-state index contributed by atoms with van der Waals surface area (Å²) in [7, 11) is 0. The van der Waals surface area contributed by atoms with E-state index in [1.54, 1.807) is 6.07 Å². The number of nitro groups is 1. The van der Waals surface area contributed by atoms with Gasteiger partial charge in [-0.25, -0.2) is 0 Å². The van der Waals surface area contributed by atoms with E-state index in [1.807, 2.05) is 0 Å². The van der Waals surface area contributed by atoms with Crippen LogP contribution in [0.3, 0.4) is 0 Å². The molecule has 5 nitrogen and oxygen atoms in total. The molecule has 1 fully saturated rings. The van der Waals surface area contributed by atoms with Crippen molar-refractivity contribution >= 4 is 16.3 Å². The largest absolute Gasteiger partial charge is 0.389 e. The van der Waals surface area contributed by atoms with Crippen LogP contribution in [-0.4, -0.2) is 22.2 Å². The summed E-state index contributed by atoms with van der Waals surface area (Å²) in [6, 6.07) is 3.29. The van der Waals surface area contributed by atoms with Gasteiger partial charge in [0.15, 0.2) is 0 Å². The van der Waals surface area contributed by atoms with Gasteiger partial charge < -0.3 is 10.4 Å². The Balaban J connectivity index is 1.78. The Labute approximate surface area is 110 Å². The van der Waals surface area contributed by atoms with Crippen molar-refractivity contribution in [1.82, 2.24) is 5.32 Å². The number of nitrogens with one attached hydrogen (secondary N) is 1. The molecule has 1 saturated carbocycles. The molecule has 0 saturated heterocycles. The maximum atomic E-state index is 10.5. The minimum atomic E-state index is -0.582. The maximum Gasteiger partial charge on any atom is 0.324 e. The first-order valence-electron chi connectivity index (χ1n) is 6.25. The Hall–Kier alpha value is -0.980. The number of hydrogen-bond acceptors (Lipinski definition) is 5. The van der Waals surface area contributed by atoms with Gasteiger partial charge in [-0.05, 0) is 18.9 Å². The van der Waals surface area contributed by atoms with E-state index in [0.29, 0.717) is 13.1 Å². The molecule has 0 atom stereocenters. The summed E-state index contributed by atoms with van der Waals surface area (Å²) in [5.41, 5.74) is -0.582. The second-order valence-electron chi connectivity index (χ2n) is 4.89. The molecule has 1 aliphatic carbocycles. The Kier molecular flexibility index (Phi) is 4.31. The van der Waals surface area contributed by atoms with Crippen molar-refractivity contribution in [2.24, 2.45) is 0 Å². The summed E-state index contributed by atoms with van der Waals surface area (Å²) >= 11 is 1.18. The molecule has 1 heterocycles. The van der Waals surface area contributed by atoms with E-state index in [1.165, 1.54) is 23.8 Å². The van der Waals surface area contributed by atoms with Crippen LogP contribution >= 0.6 is 11.3 Å². The minimum Gasteiger partial charge on any atom is -0.389 e. The maximum absolute atomic E-state index is 10.5. The van der Waals surface area contributed by atoms with E-state index in [4.69, 9.17) is 0 Å². The number of aliphatic hydroxyl groups is 1. The van der Waals surface area contributed by atoms with E-state index >= 15 is 0 Å². The molecule has 1 aromatic rings. The third-order valence-electron chi connectivity index (χ3n) is 3.36. The molecule has 1 aliphatic rings. The quantitative estimate of drug-likeness (QED) is 0.636. The molecule has 0 amide bonds. The van der Waals surface area contributed by atoms with Crippen LogP contribution in [0.4, 0.5) is 5.00 Å². The van der Waals surface area contributed by atoms with Gasteiger partial charge in [0.2, 0.25) is 0 Å². The molecular formula is C12H18N2O3S. The lowest BCUT2D eigenvalue weighted by atomic mass is 9.85. The lowest BCUT2D eigenvalue weighted by molar-refractivity contribution is -0.380. The normalized spacial score (nSPS) is 18.7. The summed E-state index contributed by atoms with van der Waals surface area (Å²) in [5.74, 6) is 0. The first-order chi connectivity index (χ1) is 8.59. The Morgan fingerprint density at radius 2 is 2.11 bits per heavy atom. The van der Waals surface area contributed by atoms with Crippen LogP contribution in [0.25, 0.3) is 0 Å². The van der Waals surface area contributed by atoms with Gasteiger partial charge in [0.1, 0.15) is 0 Å². The number of nitrogens with zero attached hydrogens (tertiary/aromatic N) is 1. The lowest BCUT2D eigenvalue weighted by Gasteiger charge is -2.32. The predicted molar refractivity (Wildman–Crippen MR) is 70.7 cm³/mol. The van der Waals surface area contributed by atoms with Gasteiger partial charge >= 0.3 is 5.00 Å². The van der Waals surface area contributed by atoms with Gasteiger partial charge in [0, 0.05) is 24.0 Å². The number of thiophene rings is 1. The average Bonchev–Trinajstić information content (AvgIpc) is 2.78. The third kappa shape index (κ3) is 3.51. The lowest BCUT2D eigenvalue weighted by Crippen LogP contribution is -2.41. The second kappa shape index (κ2) is 5.77. The smallest absolute Gasteiger partial charge is 0.324 e. The van der Waals surface area contributed by atoms with Gasteiger partial charge in [-0.15, -0.1) is 0 Å². The predicted octanol–water partition coefficient (Wildman–Crippen LogP) is 2.44. The van der Waals surface area contributed by atoms with Crippen LogP contribution in [0.1, 0.15) is 37.0 Å². The van der Waals surface area contributed by atoms with Crippen LogP contribution in [0.2, 0.25) is 0 Å². The molecule has 2 rings (SSSR count). The fourth-order valence-corrected chi connectivity index (χ4v) is 3.15. The highest BCUT2D eigenvalue weighted by Crippen LogP contribution is 2.28. The highest BCUT2D eigenvalue weighted by molar-refractivity contribution is 7.15. The van der Waals surface area contributed by atoms with Crippen molar-refractivity contribution in [2.75, 3.05) is 6.54 Å². The zero-order valence-electron chi connectivity index (χ0n) is 10.2. The Bertz CT molecular complexity index is 413. The molecule has 100 valence electrons. The van der Waals surface area contributed by atoms with Crippen molar-refractivity contribution in [1.29, 1.82) is 0 Å². The van der Waals surface area contributed by atoms with Crippen LogP contribution in [0.15, 0.2) is 12.1 Å². The SMILES string of the molecule is O=[N+]([O-])c1ccc(CNCC2(O)CCCCC2)s1. The Morgan fingerprint density at radius 1 is 1.39 bits per heavy atom. The Morgan fingerprint density at radius 3 is 2.72 bits per heavy atom. The zero-order valence-corrected chi connectivity index (χ0v) is 11.0. The molecule has 2 N–H and O–H groups in total. The van der Waals surface area contributed by atoms with Crippen molar-refractivity contribution in [2.45, 2.75) is 44.2 Å². The topological polar surface area (TPSA) is 75.4 Å². The van der Waals surface area contributed by atoms with E-state index < -0.39 is 5.60 Å². The molecule has 1 aromatic heterocycles. The fourth-order valence-electron chi connectivity index (χ4n) is 2.36. The number of hydrogen-bond donors (Lipinski definition) is 2. The molecule has 0 aromatic carbocycles. The van der Waals surface area contributed by atoms with Crippen molar-refractivity contribution in [3.05, 3.63) is 27.1 Å². The van der Waals surface area contributed by atoms with Crippen LogP contribution < -0.4 is 5.32 Å². The van der Waals surface area contributed by atoms with E-state index in [2.05, 4.69) is 5.32 Å². The van der Waals surface area contributed by atoms with E-state index in [9.17, 15) is 15.2 Å². The molecular weight excluding hydrogens is 252 g/mol. The molecule has 0 unspecified atom stereocenters. The molecule has 0 spiro atoms. The highest BCUT2D eigenvalue weighted by atomic mass is 32.1. The van der Waals surface area contributed by atoms with Crippen molar-refractivity contribution < 1.29 is 10.0 Å². The van der Waals surface area contributed by atoms with Gasteiger partial charge in [-0.2, -0.15) is 0 Å². The first kappa shape index (κ1) is 13.5. The summed E-state index contributed by atoms with van der Waals surface area (Å²) < 4.78 is 0. The van der Waals surface area contributed by atoms with Crippen molar-refractivity contribution in [3.8, 4) is 0 Å². The van der Waals surface area contributed by atoms with Crippen molar-refractivity contribution in [3.63, 3.8) is 0 Å². The monoisotopic (exact) mass is 270 g/mol. The molecule has 0 radical (unpaired) electrons. The second-order valence-corrected chi connectivity index (χ2v) is 6.03. The van der Waals surface area contributed by atoms with Gasteiger partial charge in [0.05, 0.1) is 10.5 Å². The van der Waals surface area contributed by atoms with Crippen LogP contribution in [0, 0.1) is 10.1 Å². The molecule has 18 heavy (non-hydrogen) atoms. The first-order valence-corrected chi connectivity index (χ1v) is 7.07. The van der Waals surface area contributed by atoms with Crippen LogP contribution in [-0.2, 0) is 6.54 Å². The third-order valence-corrected chi connectivity index (χ3v) is 4.40. The highest BCUT2D eigenvalue weighted by Gasteiger charge is 2.28. The number of rotatable bonds is 5. The van der Waals surface area contributed by atoms with Gasteiger partial charge in [-0.3, -0.25) is 10.1 Å². The van der Waals surface area contributed by atoms with Gasteiger partial charge in [0.25, 0.3) is 0 Å². The summed E-state index contributed by atoms with van der Waals surface area (Å²) in [6.07, 6.45) is 5.08. The minimum absolute atomic E-state index is 0.170. The standard InChI is InChI=1S/C12H18N2O3S/c15-12(6-2-1-3-7-12)9-13-8-10-4-5-11(18-10)14(16)17/h4-5,13,15H,1-3,6-9H2. The van der Waals surface area contributed by atoms with E-state index in [0.717, 1.165) is 30.6 Å². The van der Waals surface area contributed by atoms with Crippen LogP contribution in [0.5, 0.6) is 0 Å². The average molecular weight is 270 g/mol. The molecule has 0 aliphatic heterocycles. The summed E-state index contributed by atoms with van der Waals surface area (Å²) in [4.78, 5) is 11.1. The molecule has 6 heteroatoms. The zero-order chi connectivity index (χ0) is 13.0. The fraction of sp³-hybridized carbons (Fsp3) is 0.667.